The number of aromatic nitrogens is 2. The van der Waals surface area contributed by atoms with Crippen molar-refractivity contribution in [1.82, 2.24) is 20.0 Å². The molecule has 188 valence electrons. The molecular formula is C29H34N4O3. The van der Waals surface area contributed by atoms with Gasteiger partial charge in [0.05, 0.1) is 23.2 Å². The van der Waals surface area contributed by atoms with Crippen LogP contribution < -0.4 is 0 Å². The van der Waals surface area contributed by atoms with Crippen molar-refractivity contribution in [3.05, 3.63) is 59.3 Å². The number of aliphatic hydroxyl groups is 1. The third-order valence-electron chi connectivity index (χ3n) is 9.65. The number of nitrogens with zero attached hydrogens (tertiary/aromatic N) is 3. The van der Waals surface area contributed by atoms with Crippen molar-refractivity contribution in [2.45, 2.75) is 62.0 Å². The minimum Gasteiger partial charge on any atom is -0.508 e. The van der Waals surface area contributed by atoms with Crippen LogP contribution in [0.25, 0.3) is 10.9 Å². The van der Waals surface area contributed by atoms with Gasteiger partial charge in [-0.2, -0.15) is 5.10 Å². The summed E-state index contributed by atoms with van der Waals surface area (Å²) >= 11 is 0. The lowest BCUT2D eigenvalue weighted by Crippen LogP contribution is -2.71. The van der Waals surface area contributed by atoms with Gasteiger partial charge in [0.25, 0.3) is 0 Å². The monoisotopic (exact) mass is 486 g/mol. The van der Waals surface area contributed by atoms with Crippen LogP contribution in [0, 0.1) is 5.92 Å². The molecule has 2 aromatic carbocycles. The van der Waals surface area contributed by atoms with Crippen molar-refractivity contribution in [2.75, 3.05) is 26.2 Å². The highest BCUT2D eigenvalue weighted by atomic mass is 16.3. The highest BCUT2D eigenvalue weighted by molar-refractivity contribution is 5.87. The number of phenolic OH excluding ortho intramolecular Hbond substituents is 1. The van der Waals surface area contributed by atoms with Crippen LogP contribution in [0.1, 0.15) is 48.9 Å². The molecule has 2 aliphatic heterocycles. The molecule has 3 aromatic rings. The Morgan fingerprint density at radius 1 is 1.08 bits per heavy atom. The summed E-state index contributed by atoms with van der Waals surface area (Å²) in [4.78, 5) is 18.0. The van der Waals surface area contributed by atoms with Gasteiger partial charge < -0.3 is 15.1 Å². The van der Waals surface area contributed by atoms with Gasteiger partial charge in [-0.15, -0.1) is 0 Å². The molecule has 0 radical (unpaired) electrons. The predicted octanol–water partition coefficient (Wildman–Crippen LogP) is 3.14. The fourth-order valence-electron chi connectivity index (χ4n) is 7.52. The number of hydrogen-bond acceptors (Lipinski definition) is 5. The lowest BCUT2D eigenvalue weighted by atomic mass is 9.52. The second kappa shape index (κ2) is 8.05. The van der Waals surface area contributed by atoms with Crippen LogP contribution in [0.4, 0.5) is 0 Å². The quantitative estimate of drug-likeness (QED) is 0.527. The molecule has 3 N–H and O–H groups in total. The maximum absolute atomic E-state index is 13.5. The van der Waals surface area contributed by atoms with Gasteiger partial charge in [0, 0.05) is 36.5 Å². The summed E-state index contributed by atoms with van der Waals surface area (Å²) in [5.41, 5.74) is 2.69. The standard InChI is InChI=1S/C29H34N4O3/c34-21-8-7-20-15-26-29(36)11-14-32(27(35)17-25-22-3-1-2-4-24(22)30-31-25)12-9-28(29,23(20)16-21)10-13-33(26)18-19-5-6-19/h1-4,7-8,16,19,26,34,36H,5-6,9-15,17-18H2,(H,30,31)/t26-,28+,29-/m1/s1. The van der Waals surface area contributed by atoms with E-state index in [0.29, 0.717) is 25.9 Å². The van der Waals surface area contributed by atoms with Crippen molar-refractivity contribution in [3.63, 3.8) is 0 Å². The second-order valence-corrected chi connectivity index (χ2v) is 11.5. The minimum atomic E-state index is -0.922. The van der Waals surface area contributed by atoms with Crippen molar-refractivity contribution < 1.29 is 15.0 Å². The van der Waals surface area contributed by atoms with Crippen LogP contribution in [0.2, 0.25) is 0 Å². The van der Waals surface area contributed by atoms with Gasteiger partial charge in [-0.05, 0) is 80.3 Å². The minimum absolute atomic E-state index is 0.0502. The summed E-state index contributed by atoms with van der Waals surface area (Å²) in [5, 5.41) is 31.5. The van der Waals surface area contributed by atoms with E-state index in [-0.39, 0.29) is 24.1 Å². The normalized spacial score (nSPS) is 30.0. The summed E-state index contributed by atoms with van der Waals surface area (Å²) in [6.45, 7) is 3.17. The summed E-state index contributed by atoms with van der Waals surface area (Å²) in [6.07, 6.45) is 5.76. The number of amides is 1. The molecule has 2 saturated heterocycles. The molecule has 0 spiro atoms. The Hall–Kier alpha value is -2.90. The zero-order chi connectivity index (χ0) is 24.5. The van der Waals surface area contributed by atoms with Crippen LogP contribution in [0.15, 0.2) is 42.5 Å². The molecule has 2 aliphatic carbocycles. The van der Waals surface area contributed by atoms with Crippen molar-refractivity contribution in [3.8, 4) is 5.75 Å². The van der Waals surface area contributed by atoms with Crippen LogP contribution in [-0.4, -0.2) is 73.9 Å². The van der Waals surface area contributed by atoms with Gasteiger partial charge in [-0.1, -0.05) is 24.3 Å². The maximum atomic E-state index is 13.5. The molecule has 3 fully saturated rings. The Morgan fingerprint density at radius 2 is 1.89 bits per heavy atom. The van der Waals surface area contributed by atoms with Crippen LogP contribution in [0.5, 0.6) is 5.75 Å². The summed E-state index contributed by atoms with van der Waals surface area (Å²) in [5.74, 6) is 1.08. The van der Waals surface area contributed by atoms with Crippen molar-refractivity contribution in [2.24, 2.45) is 5.92 Å². The topological polar surface area (TPSA) is 92.7 Å². The molecule has 36 heavy (non-hydrogen) atoms. The molecular weight excluding hydrogens is 452 g/mol. The number of hydrogen-bond donors (Lipinski definition) is 3. The first-order chi connectivity index (χ1) is 17.5. The van der Waals surface area contributed by atoms with Gasteiger partial charge in [0.2, 0.25) is 5.91 Å². The van der Waals surface area contributed by atoms with E-state index < -0.39 is 11.0 Å². The number of para-hydroxylation sites is 1. The molecule has 3 heterocycles. The number of nitrogens with one attached hydrogen (secondary N) is 1. The van der Waals surface area contributed by atoms with E-state index in [9.17, 15) is 15.0 Å². The molecule has 0 unspecified atom stereocenters. The van der Waals surface area contributed by atoms with Crippen molar-refractivity contribution >= 4 is 16.8 Å². The van der Waals surface area contributed by atoms with Gasteiger partial charge in [0.1, 0.15) is 5.75 Å². The SMILES string of the molecule is O=C(Cc1n[nH]c2ccccc12)N1CC[C@]23CCN(CC4CC4)[C@H](Cc4ccc(O)cc42)[C@]3(O)CC1. The van der Waals surface area contributed by atoms with E-state index in [1.807, 2.05) is 35.2 Å². The number of H-pyrrole nitrogens is 1. The molecule has 1 amide bonds. The average molecular weight is 487 g/mol. The first-order valence-corrected chi connectivity index (χ1v) is 13.5. The Morgan fingerprint density at radius 3 is 2.75 bits per heavy atom. The maximum Gasteiger partial charge on any atom is 0.228 e. The van der Waals surface area contributed by atoms with E-state index in [1.165, 1.54) is 18.4 Å². The third-order valence-corrected chi connectivity index (χ3v) is 9.65. The molecule has 1 aromatic heterocycles. The first kappa shape index (κ1) is 22.3. The summed E-state index contributed by atoms with van der Waals surface area (Å²) < 4.78 is 0. The molecule has 3 atom stereocenters. The van der Waals surface area contributed by atoms with Crippen LogP contribution in [-0.2, 0) is 23.1 Å². The predicted molar refractivity (Wildman–Crippen MR) is 137 cm³/mol. The Kier molecular flexibility index (Phi) is 4.99. The highest BCUT2D eigenvalue weighted by Gasteiger charge is 2.63. The van der Waals surface area contributed by atoms with Crippen molar-refractivity contribution in [1.29, 1.82) is 0 Å². The van der Waals surface area contributed by atoms with Gasteiger partial charge >= 0.3 is 0 Å². The molecule has 7 nitrogen and oxygen atoms in total. The molecule has 1 saturated carbocycles. The number of phenols is 1. The number of carbonyl (C=O) groups excluding carboxylic acids is 1. The Labute approximate surface area is 211 Å². The summed E-state index contributed by atoms with van der Waals surface area (Å²) in [7, 11) is 0. The van der Waals surface area contributed by atoms with Crippen LogP contribution in [0.3, 0.4) is 0 Å². The molecule has 2 bridgehead atoms. The first-order valence-electron chi connectivity index (χ1n) is 13.5. The molecule has 7 rings (SSSR count). The molecule has 7 heteroatoms. The molecule has 4 aliphatic rings. The Balaban J connectivity index is 1.21. The number of rotatable bonds is 4. The number of likely N-dealkylation sites (tertiary alicyclic amines) is 2. The lowest BCUT2D eigenvalue weighted by Gasteiger charge is -2.61. The smallest absolute Gasteiger partial charge is 0.228 e. The van der Waals surface area contributed by atoms with Crippen LogP contribution >= 0.6 is 0 Å². The van der Waals surface area contributed by atoms with E-state index in [0.717, 1.165) is 54.0 Å². The number of aromatic hydroxyl groups is 1. The average Bonchev–Trinajstić information content (AvgIpc) is 3.63. The number of carbonyl (C=O) groups is 1. The zero-order valence-electron chi connectivity index (χ0n) is 20.6. The second-order valence-electron chi connectivity index (χ2n) is 11.5. The van der Waals surface area contributed by atoms with Gasteiger partial charge in [-0.25, -0.2) is 0 Å². The summed E-state index contributed by atoms with van der Waals surface area (Å²) in [6, 6.07) is 13.7. The fraction of sp³-hybridized carbons (Fsp3) is 0.517. The van der Waals surface area contributed by atoms with E-state index in [1.54, 1.807) is 6.07 Å². The Bertz CT molecular complexity index is 1330. The number of benzene rings is 2. The number of aromatic amines is 1. The largest absolute Gasteiger partial charge is 0.508 e. The highest BCUT2D eigenvalue weighted by Crippen LogP contribution is 2.56. The lowest BCUT2D eigenvalue weighted by molar-refractivity contribution is -0.149. The van der Waals surface area contributed by atoms with Gasteiger partial charge in [0.15, 0.2) is 0 Å². The third kappa shape index (κ3) is 3.32. The van der Waals surface area contributed by atoms with E-state index in [4.69, 9.17) is 0 Å². The fourth-order valence-corrected chi connectivity index (χ4v) is 7.52. The zero-order valence-corrected chi connectivity index (χ0v) is 20.6. The van der Waals surface area contributed by atoms with E-state index >= 15 is 0 Å². The van der Waals surface area contributed by atoms with E-state index in [2.05, 4.69) is 21.2 Å². The van der Waals surface area contributed by atoms with Gasteiger partial charge in [-0.3, -0.25) is 14.8 Å². The number of fused-ring (bicyclic) bond motifs is 2. The number of piperidine rings is 1.